The molecule has 17 heavy (non-hydrogen) atoms. The van der Waals surface area contributed by atoms with E-state index in [9.17, 15) is 9.59 Å². The average Bonchev–Trinajstić information content (AvgIpc) is 2.81. The highest BCUT2D eigenvalue weighted by molar-refractivity contribution is 6.04. The van der Waals surface area contributed by atoms with Gasteiger partial charge in [0.15, 0.2) is 0 Å². The van der Waals surface area contributed by atoms with Crippen LogP contribution in [0.1, 0.15) is 33.6 Å². The van der Waals surface area contributed by atoms with Gasteiger partial charge in [-0.05, 0) is 25.0 Å². The van der Waals surface area contributed by atoms with Crippen LogP contribution < -0.4 is 5.32 Å². The fraction of sp³-hybridized carbons (Fsp3) is 0.231. The number of aromatic carboxylic acids is 1. The predicted octanol–water partition coefficient (Wildman–Crippen LogP) is 1.83. The van der Waals surface area contributed by atoms with Gasteiger partial charge in [-0.15, -0.1) is 0 Å². The molecule has 0 unspecified atom stereocenters. The Morgan fingerprint density at radius 3 is 2.29 bits per heavy atom. The van der Waals surface area contributed by atoms with E-state index < -0.39 is 5.97 Å². The second-order valence-corrected chi connectivity index (χ2v) is 3.96. The maximum Gasteiger partial charge on any atom is 0.336 e. The van der Waals surface area contributed by atoms with Crippen LogP contribution in [0.15, 0.2) is 36.4 Å². The molecule has 0 spiro atoms. The van der Waals surface area contributed by atoms with Crippen LogP contribution in [0.25, 0.3) is 0 Å². The molecule has 0 bridgehead atoms. The molecule has 4 nitrogen and oxygen atoms in total. The maximum atomic E-state index is 11.9. The standard InChI is InChI=1S/C13H13NO3/c15-12(14-9-5-1-2-6-9)10-7-3-4-8-11(10)13(16)17/h1-4,7-9H,5-6H2,(H,14,15)(H,16,17). The lowest BCUT2D eigenvalue weighted by atomic mass is 10.1. The Morgan fingerprint density at radius 2 is 1.71 bits per heavy atom. The molecule has 0 saturated heterocycles. The van der Waals surface area contributed by atoms with E-state index in [0.717, 1.165) is 12.8 Å². The van der Waals surface area contributed by atoms with Crippen molar-refractivity contribution in [3.63, 3.8) is 0 Å². The van der Waals surface area contributed by atoms with E-state index in [-0.39, 0.29) is 23.1 Å². The van der Waals surface area contributed by atoms with Gasteiger partial charge in [0.2, 0.25) is 0 Å². The second kappa shape index (κ2) is 4.82. The van der Waals surface area contributed by atoms with Gasteiger partial charge in [-0.25, -0.2) is 4.79 Å². The first-order chi connectivity index (χ1) is 8.18. The molecular formula is C13H13NO3. The summed E-state index contributed by atoms with van der Waals surface area (Å²) in [4.78, 5) is 22.9. The highest BCUT2D eigenvalue weighted by atomic mass is 16.4. The molecule has 88 valence electrons. The van der Waals surface area contributed by atoms with Crippen molar-refractivity contribution >= 4 is 11.9 Å². The largest absolute Gasteiger partial charge is 0.478 e. The maximum absolute atomic E-state index is 11.9. The van der Waals surface area contributed by atoms with Crippen LogP contribution in [0, 0.1) is 0 Å². The minimum atomic E-state index is -1.08. The number of amides is 1. The molecule has 0 fully saturated rings. The van der Waals surface area contributed by atoms with Crippen LogP contribution in [0.4, 0.5) is 0 Å². The Morgan fingerprint density at radius 1 is 1.12 bits per heavy atom. The summed E-state index contributed by atoms with van der Waals surface area (Å²) in [5, 5.41) is 11.8. The number of benzene rings is 1. The van der Waals surface area contributed by atoms with E-state index in [1.165, 1.54) is 12.1 Å². The molecule has 1 amide bonds. The molecule has 2 N–H and O–H groups in total. The third-order valence-electron chi connectivity index (χ3n) is 2.75. The molecule has 1 aliphatic rings. The third-order valence-corrected chi connectivity index (χ3v) is 2.75. The van der Waals surface area contributed by atoms with Crippen molar-refractivity contribution < 1.29 is 14.7 Å². The fourth-order valence-corrected chi connectivity index (χ4v) is 1.87. The van der Waals surface area contributed by atoms with Crippen LogP contribution >= 0.6 is 0 Å². The molecule has 0 radical (unpaired) electrons. The average molecular weight is 231 g/mol. The number of carbonyl (C=O) groups is 2. The number of carbonyl (C=O) groups excluding carboxylic acids is 1. The minimum Gasteiger partial charge on any atom is -0.478 e. The Hall–Kier alpha value is -2.10. The van der Waals surface area contributed by atoms with E-state index in [1.54, 1.807) is 12.1 Å². The summed E-state index contributed by atoms with van der Waals surface area (Å²) in [5.74, 6) is -1.41. The second-order valence-electron chi connectivity index (χ2n) is 3.96. The molecule has 1 aliphatic carbocycles. The number of hydrogen-bond donors (Lipinski definition) is 2. The third kappa shape index (κ3) is 2.53. The molecule has 2 rings (SSSR count). The van der Waals surface area contributed by atoms with Gasteiger partial charge in [-0.3, -0.25) is 4.79 Å². The summed E-state index contributed by atoms with van der Waals surface area (Å²) in [6, 6.07) is 6.32. The van der Waals surface area contributed by atoms with Crippen molar-refractivity contribution in [3.8, 4) is 0 Å². The number of hydrogen-bond acceptors (Lipinski definition) is 2. The van der Waals surface area contributed by atoms with Crippen LogP contribution in [0.5, 0.6) is 0 Å². The lowest BCUT2D eigenvalue weighted by Gasteiger charge is -2.13. The van der Waals surface area contributed by atoms with Gasteiger partial charge in [0.25, 0.3) is 5.91 Å². The molecule has 0 aliphatic heterocycles. The van der Waals surface area contributed by atoms with Crippen molar-refractivity contribution in [3.05, 3.63) is 47.5 Å². The Kier molecular flexibility index (Phi) is 3.23. The lowest BCUT2D eigenvalue weighted by Crippen LogP contribution is -2.33. The van der Waals surface area contributed by atoms with Gasteiger partial charge < -0.3 is 10.4 Å². The first kappa shape index (κ1) is 11.4. The predicted molar refractivity (Wildman–Crippen MR) is 63.0 cm³/mol. The van der Waals surface area contributed by atoms with Gasteiger partial charge >= 0.3 is 5.97 Å². The molecule has 0 atom stereocenters. The molecule has 0 heterocycles. The van der Waals surface area contributed by atoms with Gasteiger partial charge in [0, 0.05) is 6.04 Å². The highest BCUT2D eigenvalue weighted by Gasteiger charge is 2.19. The van der Waals surface area contributed by atoms with Crippen molar-refractivity contribution in [2.24, 2.45) is 0 Å². The monoisotopic (exact) mass is 231 g/mol. The van der Waals surface area contributed by atoms with Gasteiger partial charge in [-0.1, -0.05) is 24.3 Å². The number of nitrogens with one attached hydrogen (secondary N) is 1. The topological polar surface area (TPSA) is 66.4 Å². The zero-order chi connectivity index (χ0) is 12.3. The van der Waals surface area contributed by atoms with E-state index in [4.69, 9.17) is 5.11 Å². The molecular weight excluding hydrogens is 218 g/mol. The Balaban J connectivity index is 2.15. The summed E-state index contributed by atoms with van der Waals surface area (Å²) in [6.45, 7) is 0. The lowest BCUT2D eigenvalue weighted by molar-refractivity contribution is 0.0690. The Bertz CT molecular complexity index is 471. The van der Waals surface area contributed by atoms with Crippen molar-refractivity contribution in [1.82, 2.24) is 5.32 Å². The molecule has 1 aromatic carbocycles. The van der Waals surface area contributed by atoms with Crippen molar-refractivity contribution in [2.45, 2.75) is 18.9 Å². The summed E-state index contributed by atoms with van der Waals surface area (Å²) < 4.78 is 0. The first-order valence-corrected chi connectivity index (χ1v) is 5.46. The van der Waals surface area contributed by atoms with E-state index >= 15 is 0 Å². The summed E-state index contributed by atoms with van der Waals surface area (Å²) in [5.41, 5.74) is 0.253. The van der Waals surface area contributed by atoms with Gasteiger partial charge in [0.05, 0.1) is 11.1 Å². The van der Waals surface area contributed by atoms with Gasteiger partial charge in [0.1, 0.15) is 0 Å². The van der Waals surface area contributed by atoms with Crippen LogP contribution in [0.2, 0.25) is 0 Å². The van der Waals surface area contributed by atoms with Crippen LogP contribution in [0.3, 0.4) is 0 Å². The fourth-order valence-electron chi connectivity index (χ4n) is 1.87. The van der Waals surface area contributed by atoms with E-state index in [2.05, 4.69) is 5.32 Å². The van der Waals surface area contributed by atoms with Crippen molar-refractivity contribution in [2.75, 3.05) is 0 Å². The van der Waals surface area contributed by atoms with Crippen LogP contribution in [-0.4, -0.2) is 23.0 Å². The summed E-state index contributed by atoms with van der Waals surface area (Å²) in [7, 11) is 0. The normalized spacial score (nSPS) is 14.8. The molecule has 1 aromatic rings. The highest BCUT2D eigenvalue weighted by Crippen LogP contribution is 2.13. The van der Waals surface area contributed by atoms with Gasteiger partial charge in [-0.2, -0.15) is 0 Å². The molecule has 4 heteroatoms. The summed E-state index contributed by atoms with van der Waals surface area (Å²) in [6.07, 6.45) is 5.63. The van der Waals surface area contributed by atoms with E-state index in [1.807, 2.05) is 12.2 Å². The van der Waals surface area contributed by atoms with E-state index in [0.29, 0.717) is 0 Å². The van der Waals surface area contributed by atoms with Crippen molar-refractivity contribution in [1.29, 1.82) is 0 Å². The number of rotatable bonds is 3. The zero-order valence-electron chi connectivity index (χ0n) is 9.22. The Labute approximate surface area is 99.0 Å². The quantitative estimate of drug-likeness (QED) is 0.780. The summed E-state index contributed by atoms with van der Waals surface area (Å²) >= 11 is 0. The minimum absolute atomic E-state index is 0.0379. The zero-order valence-corrected chi connectivity index (χ0v) is 9.22. The molecule has 0 aromatic heterocycles. The number of carboxylic acids is 1. The SMILES string of the molecule is O=C(O)c1ccccc1C(=O)NC1CC=CC1. The first-order valence-electron chi connectivity index (χ1n) is 5.46. The molecule has 0 saturated carbocycles. The van der Waals surface area contributed by atoms with Crippen LogP contribution in [-0.2, 0) is 0 Å². The smallest absolute Gasteiger partial charge is 0.336 e. The number of carboxylic acid groups (broad SMARTS) is 1.